The molecule has 0 fully saturated rings. The predicted octanol–water partition coefficient (Wildman–Crippen LogP) is 4.12. The molecular weight excluding hydrogens is 295 g/mol. The van der Waals surface area contributed by atoms with Crippen molar-refractivity contribution in [3.8, 4) is 11.5 Å². The molecule has 0 bridgehead atoms. The maximum Gasteiger partial charge on any atom is 0.161 e. The summed E-state index contributed by atoms with van der Waals surface area (Å²) in [6, 6.07) is 9.72. The molecule has 0 heterocycles. The van der Waals surface area contributed by atoms with E-state index in [1.54, 1.807) is 37.3 Å². The van der Waals surface area contributed by atoms with Gasteiger partial charge in [-0.05, 0) is 30.7 Å². The molecule has 0 aliphatic rings. The van der Waals surface area contributed by atoms with E-state index in [0.717, 1.165) is 5.56 Å². The van der Waals surface area contributed by atoms with Crippen LogP contribution in [-0.2, 0) is 6.61 Å². The van der Waals surface area contributed by atoms with Crippen molar-refractivity contribution < 1.29 is 19.0 Å². The average molecular weight is 311 g/mol. The highest BCUT2D eigenvalue weighted by Gasteiger charge is 2.11. The van der Waals surface area contributed by atoms with Crippen molar-refractivity contribution >= 4 is 11.6 Å². The monoisotopic (exact) mass is 310 g/mol. The molecule has 1 unspecified atom stereocenters. The molecule has 0 amide bonds. The summed E-state index contributed by atoms with van der Waals surface area (Å²) < 4.78 is 24.2. The van der Waals surface area contributed by atoms with E-state index in [1.807, 2.05) is 0 Å². The van der Waals surface area contributed by atoms with Crippen LogP contribution in [0.4, 0.5) is 4.39 Å². The van der Waals surface area contributed by atoms with E-state index in [2.05, 4.69) is 0 Å². The number of ether oxygens (including phenoxy) is 2. The van der Waals surface area contributed by atoms with Crippen LogP contribution in [0.5, 0.6) is 11.5 Å². The van der Waals surface area contributed by atoms with Gasteiger partial charge in [0.05, 0.1) is 18.2 Å². The Kier molecular flexibility index (Phi) is 5.04. The minimum absolute atomic E-state index is 0.0528. The molecular formula is C16H16ClFO3. The van der Waals surface area contributed by atoms with Crippen molar-refractivity contribution in [1.29, 1.82) is 0 Å². The zero-order valence-electron chi connectivity index (χ0n) is 11.8. The smallest absolute Gasteiger partial charge is 0.161 e. The van der Waals surface area contributed by atoms with Gasteiger partial charge in [-0.3, -0.25) is 0 Å². The summed E-state index contributed by atoms with van der Waals surface area (Å²) in [4.78, 5) is 0. The van der Waals surface area contributed by atoms with E-state index in [0.29, 0.717) is 17.1 Å². The second-order valence-corrected chi connectivity index (χ2v) is 4.97. The summed E-state index contributed by atoms with van der Waals surface area (Å²) in [5, 5.41) is 9.61. The van der Waals surface area contributed by atoms with Crippen LogP contribution < -0.4 is 9.47 Å². The van der Waals surface area contributed by atoms with Gasteiger partial charge < -0.3 is 14.6 Å². The van der Waals surface area contributed by atoms with Gasteiger partial charge in [0.2, 0.25) is 0 Å². The number of rotatable bonds is 5. The van der Waals surface area contributed by atoms with Gasteiger partial charge >= 0.3 is 0 Å². The van der Waals surface area contributed by atoms with Crippen molar-refractivity contribution in [1.82, 2.24) is 0 Å². The first-order chi connectivity index (χ1) is 10.0. The maximum absolute atomic E-state index is 13.4. The second kappa shape index (κ2) is 6.78. The normalized spacial score (nSPS) is 12.0. The van der Waals surface area contributed by atoms with Crippen molar-refractivity contribution in [2.45, 2.75) is 19.6 Å². The molecule has 112 valence electrons. The van der Waals surface area contributed by atoms with Gasteiger partial charge in [0.15, 0.2) is 11.5 Å². The van der Waals surface area contributed by atoms with Gasteiger partial charge in [-0.25, -0.2) is 4.39 Å². The highest BCUT2D eigenvalue weighted by Crippen LogP contribution is 2.31. The standard InChI is InChI=1S/C16H16ClFO3/c1-10(19)11-6-7-14(15(8-11)20-2)21-9-12-4-3-5-13(18)16(12)17/h3-8,10,19H,9H2,1-2H3. The quantitative estimate of drug-likeness (QED) is 0.903. The highest BCUT2D eigenvalue weighted by molar-refractivity contribution is 6.31. The molecule has 0 aliphatic carbocycles. The van der Waals surface area contributed by atoms with Gasteiger partial charge in [0, 0.05) is 5.56 Å². The first-order valence-corrected chi connectivity index (χ1v) is 6.82. The van der Waals surface area contributed by atoms with Crippen LogP contribution in [0.15, 0.2) is 36.4 Å². The average Bonchev–Trinajstić information content (AvgIpc) is 2.48. The molecule has 5 heteroatoms. The summed E-state index contributed by atoms with van der Waals surface area (Å²) in [5.74, 6) is 0.525. The number of hydrogen-bond donors (Lipinski definition) is 1. The largest absolute Gasteiger partial charge is 0.493 e. The molecule has 0 spiro atoms. The summed E-state index contributed by atoms with van der Waals surface area (Å²) in [6.07, 6.45) is -0.592. The Balaban J connectivity index is 2.18. The van der Waals surface area contributed by atoms with Crippen molar-refractivity contribution in [2.75, 3.05) is 7.11 Å². The van der Waals surface area contributed by atoms with Crippen LogP contribution in [0, 0.1) is 5.82 Å². The van der Waals surface area contributed by atoms with Crippen LogP contribution in [0.1, 0.15) is 24.2 Å². The molecule has 0 aromatic heterocycles. The summed E-state index contributed by atoms with van der Waals surface area (Å²) in [7, 11) is 1.52. The molecule has 3 nitrogen and oxygen atoms in total. The third kappa shape index (κ3) is 3.65. The molecule has 1 atom stereocenters. The van der Waals surface area contributed by atoms with E-state index >= 15 is 0 Å². The fourth-order valence-electron chi connectivity index (χ4n) is 1.88. The number of benzene rings is 2. The van der Waals surface area contributed by atoms with Crippen LogP contribution >= 0.6 is 11.6 Å². The van der Waals surface area contributed by atoms with E-state index in [-0.39, 0.29) is 11.6 Å². The van der Waals surface area contributed by atoms with Gasteiger partial charge in [0.25, 0.3) is 0 Å². The van der Waals surface area contributed by atoms with Gasteiger partial charge in [-0.1, -0.05) is 29.8 Å². The van der Waals surface area contributed by atoms with Crippen molar-refractivity contribution in [3.63, 3.8) is 0 Å². The third-order valence-corrected chi connectivity index (χ3v) is 3.51. The molecule has 0 aliphatic heterocycles. The van der Waals surface area contributed by atoms with E-state index in [4.69, 9.17) is 21.1 Å². The number of halogens is 2. The topological polar surface area (TPSA) is 38.7 Å². The lowest BCUT2D eigenvalue weighted by Gasteiger charge is -2.14. The zero-order chi connectivity index (χ0) is 15.4. The van der Waals surface area contributed by atoms with Crippen LogP contribution in [0.3, 0.4) is 0 Å². The van der Waals surface area contributed by atoms with Crippen LogP contribution in [0.25, 0.3) is 0 Å². The Morgan fingerprint density at radius 1 is 1.24 bits per heavy atom. The van der Waals surface area contributed by atoms with E-state index < -0.39 is 11.9 Å². The van der Waals surface area contributed by atoms with Crippen molar-refractivity contribution in [2.24, 2.45) is 0 Å². The van der Waals surface area contributed by atoms with Gasteiger partial charge in [-0.2, -0.15) is 0 Å². The molecule has 1 N–H and O–H groups in total. The highest BCUT2D eigenvalue weighted by atomic mass is 35.5. The third-order valence-electron chi connectivity index (χ3n) is 3.08. The number of methoxy groups -OCH3 is 1. The fraction of sp³-hybridized carbons (Fsp3) is 0.250. The molecule has 2 aromatic carbocycles. The Morgan fingerprint density at radius 2 is 2.00 bits per heavy atom. The molecule has 2 rings (SSSR count). The molecule has 0 saturated heterocycles. The second-order valence-electron chi connectivity index (χ2n) is 4.59. The van der Waals surface area contributed by atoms with Crippen LogP contribution in [-0.4, -0.2) is 12.2 Å². The number of aliphatic hydroxyl groups excluding tert-OH is 1. The summed E-state index contributed by atoms with van der Waals surface area (Å²) >= 11 is 5.88. The van der Waals surface area contributed by atoms with E-state index in [9.17, 15) is 9.50 Å². The zero-order valence-corrected chi connectivity index (χ0v) is 12.5. The van der Waals surface area contributed by atoms with Crippen LogP contribution in [0.2, 0.25) is 5.02 Å². The summed E-state index contributed by atoms with van der Waals surface area (Å²) in [6.45, 7) is 1.79. The maximum atomic E-state index is 13.4. The van der Waals surface area contributed by atoms with Crippen molar-refractivity contribution in [3.05, 3.63) is 58.4 Å². The SMILES string of the molecule is COc1cc(C(C)O)ccc1OCc1cccc(F)c1Cl. The summed E-state index contributed by atoms with van der Waals surface area (Å²) in [5.41, 5.74) is 1.28. The Labute approximate surface area is 127 Å². The lowest BCUT2D eigenvalue weighted by Crippen LogP contribution is -2.00. The lowest BCUT2D eigenvalue weighted by atomic mass is 10.1. The Hall–Kier alpha value is -1.78. The van der Waals surface area contributed by atoms with Gasteiger partial charge in [0.1, 0.15) is 12.4 Å². The Morgan fingerprint density at radius 3 is 2.67 bits per heavy atom. The molecule has 2 aromatic rings. The first-order valence-electron chi connectivity index (χ1n) is 6.44. The Bertz CT molecular complexity index is 629. The fourth-order valence-corrected chi connectivity index (χ4v) is 2.06. The lowest BCUT2D eigenvalue weighted by molar-refractivity contribution is 0.198. The first kappa shape index (κ1) is 15.6. The van der Waals surface area contributed by atoms with Gasteiger partial charge in [-0.15, -0.1) is 0 Å². The minimum Gasteiger partial charge on any atom is -0.493 e. The number of aliphatic hydroxyl groups is 1. The molecule has 21 heavy (non-hydrogen) atoms. The van der Waals surface area contributed by atoms with E-state index in [1.165, 1.54) is 13.2 Å². The molecule has 0 saturated carbocycles. The molecule has 0 radical (unpaired) electrons. The predicted molar refractivity (Wildman–Crippen MR) is 79.4 cm³/mol. The number of hydrogen-bond acceptors (Lipinski definition) is 3. The minimum atomic E-state index is -0.592.